The molecular weight excluding hydrogens is 283 g/mol. The first-order chi connectivity index (χ1) is 10.7. The topological polar surface area (TPSA) is 102 Å². The van der Waals surface area contributed by atoms with Gasteiger partial charge in [-0.3, -0.25) is 9.98 Å². The number of nitrogens with one attached hydrogen (secondary N) is 1. The van der Waals surface area contributed by atoms with Crippen molar-refractivity contribution in [3.8, 4) is 11.1 Å². The average molecular weight is 300 g/mol. The molecule has 0 aliphatic heterocycles. The molecule has 2 aromatic heterocycles. The summed E-state index contributed by atoms with van der Waals surface area (Å²) in [6, 6.07) is 5.55. The number of nitrogens with two attached hydrogens (primary N) is 2. The molecule has 0 aliphatic carbocycles. The molecule has 0 amide bonds. The van der Waals surface area contributed by atoms with Crippen LogP contribution in [0, 0.1) is 0 Å². The summed E-state index contributed by atoms with van der Waals surface area (Å²) < 4.78 is 12.4. The van der Waals surface area contributed by atoms with Crippen molar-refractivity contribution in [2.24, 2.45) is 10.8 Å². The summed E-state index contributed by atoms with van der Waals surface area (Å²) in [5.74, 6) is 6.13. The van der Waals surface area contributed by atoms with Gasteiger partial charge in [0, 0.05) is 29.7 Å². The van der Waals surface area contributed by atoms with Gasteiger partial charge in [-0.2, -0.15) is 0 Å². The molecule has 0 bridgehead atoms. The number of nitrogens with zero attached hydrogens (tertiary/aromatic N) is 3. The van der Waals surface area contributed by atoms with Crippen LogP contribution in [-0.2, 0) is 0 Å². The lowest BCUT2D eigenvalue weighted by molar-refractivity contribution is 0.705. The van der Waals surface area contributed by atoms with Crippen molar-refractivity contribution in [1.82, 2.24) is 15.4 Å². The van der Waals surface area contributed by atoms with Crippen LogP contribution in [0.25, 0.3) is 11.1 Å². The fourth-order valence-electron chi connectivity index (χ4n) is 1.80. The molecule has 7 heteroatoms. The van der Waals surface area contributed by atoms with Crippen molar-refractivity contribution >= 4 is 11.7 Å². The molecular formula is C15H17FN6. The molecule has 2 aromatic rings. The highest BCUT2D eigenvalue weighted by Gasteiger charge is 2.10. The lowest BCUT2D eigenvalue weighted by Crippen LogP contribution is -2.32. The molecule has 5 N–H and O–H groups in total. The van der Waals surface area contributed by atoms with Crippen LogP contribution in [0.3, 0.4) is 0 Å². The van der Waals surface area contributed by atoms with E-state index in [0.717, 1.165) is 11.1 Å². The Balaban J connectivity index is 2.41. The number of hydrogen-bond acceptors (Lipinski definition) is 5. The lowest BCUT2D eigenvalue weighted by Gasteiger charge is -2.10. The zero-order chi connectivity index (χ0) is 15.9. The van der Waals surface area contributed by atoms with Gasteiger partial charge in [-0.15, -0.1) is 0 Å². The maximum atomic E-state index is 12.4. The molecule has 114 valence electrons. The first kappa shape index (κ1) is 15.6. The minimum Gasteiger partial charge on any atom is -0.383 e. The van der Waals surface area contributed by atoms with E-state index < -0.39 is 0 Å². The number of hydrogen-bond donors (Lipinski definition) is 3. The first-order valence-corrected chi connectivity index (χ1v) is 6.59. The van der Waals surface area contributed by atoms with Crippen molar-refractivity contribution < 1.29 is 4.39 Å². The van der Waals surface area contributed by atoms with E-state index in [-0.39, 0.29) is 12.4 Å². The van der Waals surface area contributed by atoms with E-state index in [1.165, 1.54) is 0 Å². The zero-order valence-electron chi connectivity index (χ0n) is 12.1. The van der Waals surface area contributed by atoms with Crippen LogP contribution >= 0.6 is 0 Å². The lowest BCUT2D eigenvalue weighted by atomic mass is 10.1. The van der Waals surface area contributed by atoms with Crippen molar-refractivity contribution in [2.75, 3.05) is 12.3 Å². The second-order valence-electron chi connectivity index (χ2n) is 4.66. The zero-order valence-corrected chi connectivity index (χ0v) is 12.1. The average Bonchev–Trinajstić information content (AvgIpc) is 2.57. The molecule has 0 radical (unpaired) electrons. The second-order valence-corrected chi connectivity index (χ2v) is 4.66. The summed E-state index contributed by atoms with van der Waals surface area (Å²) in [5.41, 5.74) is 11.1. The number of aliphatic imine (C=N–C) groups is 1. The Morgan fingerprint density at radius 2 is 2.23 bits per heavy atom. The van der Waals surface area contributed by atoms with Gasteiger partial charge in [-0.1, -0.05) is 6.07 Å². The fraction of sp³-hybridized carbons (Fsp3) is 0.133. The second kappa shape index (κ2) is 7.28. The molecule has 0 atom stereocenters. The number of hydrazine groups is 1. The van der Waals surface area contributed by atoms with Gasteiger partial charge in [0.2, 0.25) is 0 Å². The number of aromatic nitrogens is 2. The molecule has 2 rings (SSSR count). The van der Waals surface area contributed by atoms with Crippen molar-refractivity contribution in [2.45, 2.75) is 6.92 Å². The Morgan fingerprint density at radius 3 is 2.86 bits per heavy atom. The summed E-state index contributed by atoms with van der Waals surface area (Å²) in [5, 5.41) is 0. The number of pyridine rings is 2. The van der Waals surface area contributed by atoms with Gasteiger partial charge in [0.05, 0.1) is 18.4 Å². The van der Waals surface area contributed by atoms with Crippen LogP contribution in [0.5, 0.6) is 0 Å². The monoisotopic (exact) mass is 300 g/mol. The van der Waals surface area contributed by atoms with Crippen LogP contribution in [0.4, 0.5) is 10.2 Å². The maximum Gasteiger partial charge on any atom is 0.146 e. The van der Waals surface area contributed by atoms with E-state index in [1.807, 2.05) is 18.2 Å². The largest absolute Gasteiger partial charge is 0.383 e. The van der Waals surface area contributed by atoms with Gasteiger partial charge >= 0.3 is 0 Å². The molecule has 0 spiro atoms. The van der Waals surface area contributed by atoms with Crippen molar-refractivity contribution in [3.05, 3.63) is 54.3 Å². The van der Waals surface area contributed by atoms with Crippen LogP contribution in [0.1, 0.15) is 12.5 Å². The Hall–Kier alpha value is -2.80. The molecule has 0 aliphatic rings. The van der Waals surface area contributed by atoms with Gasteiger partial charge in [0.1, 0.15) is 11.7 Å². The van der Waals surface area contributed by atoms with Gasteiger partial charge in [-0.25, -0.2) is 15.2 Å². The Bertz CT molecular complexity index is 696. The quantitative estimate of drug-likeness (QED) is 0.346. The SMILES string of the molecule is C/C(=C\F)CN=C(NN)c1cc(-c2cccnc2)cnc1N. The Labute approximate surface area is 127 Å². The number of halogens is 1. The van der Waals surface area contributed by atoms with Crippen molar-refractivity contribution in [3.63, 3.8) is 0 Å². The molecule has 22 heavy (non-hydrogen) atoms. The number of nitrogen functional groups attached to an aromatic ring is 1. The number of anilines is 1. The normalized spacial score (nSPS) is 12.3. The molecule has 0 aromatic carbocycles. The molecule has 0 saturated heterocycles. The highest BCUT2D eigenvalue weighted by molar-refractivity contribution is 6.03. The number of rotatable bonds is 4. The van der Waals surface area contributed by atoms with Crippen molar-refractivity contribution in [1.29, 1.82) is 0 Å². The third-order valence-corrected chi connectivity index (χ3v) is 2.98. The summed E-state index contributed by atoms with van der Waals surface area (Å²) in [7, 11) is 0. The third kappa shape index (κ3) is 3.64. The smallest absolute Gasteiger partial charge is 0.146 e. The Kier molecular flexibility index (Phi) is 5.16. The molecule has 6 nitrogen and oxygen atoms in total. The number of amidine groups is 1. The summed E-state index contributed by atoms with van der Waals surface area (Å²) in [6.07, 6.45) is 5.57. The Morgan fingerprint density at radius 1 is 1.41 bits per heavy atom. The van der Waals surface area contributed by atoms with Gasteiger partial charge in [0.15, 0.2) is 0 Å². The van der Waals surface area contributed by atoms with E-state index in [4.69, 9.17) is 11.6 Å². The van der Waals surface area contributed by atoms with E-state index in [2.05, 4.69) is 20.4 Å². The van der Waals surface area contributed by atoms with E-state index >= 15 is 0 Å². The van der Waals surface area contributed by atoms with E-state index in [0.29, 0.717) is 23.3 Å². The van der Waals surface area contributed by atoms with Crippen LogP contribution in [0.15, 0.2) is 53.7 Å². The minimum atomic E-state index is 0.173. The third-order valence-electron chi connectivity index (χ3n) is 2.98. The summed E-state index contributed by atoms with van der Waals surface area (Å²) in [6.45, 7) is 1.80. The molecule has 0 fully saturated rings. The van der Waals surface area contributed by atoms with Crippen LogP contribution in [0.2, 0.25) is 0 Å². The van der Waals surface area contributed by atoms with Gasteiger partial charge in [0.25, 0.3) is 0 Å². The van der Waals surface area contributed by atoms with Gasteiger partial charge in [-0.05, 0) is 24.6 Å². The summed E-state index contributed by atoms with van der Waals surface area (Å²) >= 11 is 0. The first-order valence-electron chi connectivity index (χ1n) is 6.59. The van der Waals surface area contributed by atoms with Crippen LogP contribution < -0.4 is 17.0 Å². The summed E-state index contributed by atoms with van der Waals surface area (Å²) in [4.78, 5) is 12.4. The standard InChI is InChI=1S/C15H17FN6/c1-10(6-16)7-21-15(22-18)13-5-12(9-20-14(13)17)11-3-2-4-19-8-11/h2-6,8-9H,7,18H2,1H3,(H2,17,20)(H,21,22)/b10-6+. The highest BCUT2D eigenvalue weighted by Crippen LogP contribution is 2.21. The maximum absolute atomic E-state index is 12.4. The van der Waals surface area contributed by atoms with Gasteiger partial charge < -0.3 is 11.2 Å². The molecule has 0 unspecified atom stereocenters. The van der Waals surface area contributed by atoms with E-state index in [9.17, 15) is 4.39 Å². The predicted octanol–water partition coefficient (Wildman–Crippen LogP) is 1.81. The predicted molar refractivity (Wildman–Crippen MR) is 85.5 cm³/mol. The highest BCUT2D eigenvalue weighted by atomic mass is 19.1. The molecule has 2 heterocycles. The van der Waals surface area contributed by atoms with Crippen LogP contribution in [-0.4, -0.2) is 22.3 Å². The molecule has 0 saturated carbocycles. The van der Waals surface area contributed by atoms with E-state index in [1.54, 1.807) is 25.5 Å². The minimum absolute atomic E-state index is 0.173. The fourth-order valence-corrected chi connectivity index (χ4v) is 1.80.